The minimum atomic E-state index is -1.01. The van der Waals surface area contributed by atoms with Gasteiger partial charge in [0.25, 0.3) is 0 Å². The molecule has 27 heavy (non-hydrogen) atoms. The Bertz CT molecular complexity index is 936. The fourth-order valence-electron chi connectivity index (χ4n) is 3.29. The molecule has 0 spiro atoms. The lowest BCUT2D eigenvalue weighted by molar-refractivity contribution is -0.151. The van der Waals surface area contributed by atoms with Crippen molar-refractivity contribution in [2.24, 2.45) is 5.92 Å². The Kier molecular flexibility index (Phi) is 5.94. The molecule has 0 radical (unpaired) electrons. The van der Waals surface area contributed by atoms with Crippen molar-refractivity contribution in [1.29, 1.82) is 0 Å². The summed E-state index contributed by atoms with van der Waals surface area (Å²) < 4.78 is 5.13. The lowest BCUT2D eigenvalue weighted by Gasteiger charge is -2.30. The first-order chi connectivity index (χ1) is 12.8. The van der Waals surface area contributed by atoms with Crippen molar-refractivity contribution >= 4 is 52.1 Å². The maximum atomic E-state index is 12.8. The molecule has 1 aliphatic carbocycles. The molecule has 0 saturated carbocycles. The molecule has 1 aromatic carbocycles. The summed E-state index contributed by atoms with van der Waals surface area (Å²) in [6.45, 7) is 3.69. The Morgan fingerprint density at radius 1 is 1.33 bits per heavy atom. The Morgan fingerprint density at radius 3 is 2.70 bits per heavy atom. The van der Waals surface area contributed by atoms with Crippen LogP contribution in [0.15, 0.2) is 24.4 Å². The van der Waals surface area contributed by atoms with Crippen LogP contribution in [-0.4, -0.2) is 28.3 Å². The average Bonchev–Trinajstić information content (AvgIpc) is 3.04. The molecule has 0 unspecified atom stereocenters. The fourth-order valence-corrected chi connectivity index (χ4v) is 4.05. The third kappa shape index (κ3) is 4.05. The number of ketones is 1. The van der Waals surface area contributed by atoms with E-state index in [1.54, 1.807) is 19.2 Å². The molecule has 5 nitrogen and oxygen atoms in total. The molecule has 2 aromatic rings. The molecule has 0 aliphatic heterocycles. The predicted octanol–water partition coefficient (Wildman–Crippen LogP) is 5.00. The first-order valence-corrected chi connectivity index (χ1v) is 9.52. The molecule has 8 heteroatoms. The number of carbonyl (C=O) groups excluding carboxylic acids is 2. The number of nitrogens with one attached hydrogen (secondary N) is 1. The first kappa shape index (κ1) is 19.9. The number of imidazole rings is 1. The second-order valence-electron chi connectivity index (χ2n) is 6.29. The Labute approximate surface area is 171 Å². The van der Waals surface area contributed by atoms with Crippen LogP contribution in [0.1, 0.15) is 36.3 Å². The summed E-state index contributed by atoms with van der Waals surface area (Å²) in [5, 5.41) is 0.917. The molecular weight excluding hydrogens is 411 g/mol. The topological polar surface area (TPSA) is 72.1 Å². The van der Waals surface area contributed by atoms with Crippen LogP contribution in [0.3, 0.4) is 0 Å². The van der Waals surface area contributed by atoms with Crippen LogP contribution in [0.4, 0.5) is 0 Å². The molecule has 0 saturated heterocycles. The normalized spacial score (nSPS) is 19.7. The van der Waals surface area contributed by atoms with Gasteiger partial charge in [0.1, 0.15) is 11.7 Å². The maximum absolute atomic E-state index is 12.8. The third-order valence-electron chi connectivity index (χ3n) is 4.48. The van der Waals surface area contributed by atoms with E-state index in [-0.39, 0.29) is 22.4 Å². The maximum Gasteiger partial charge on any atom is 0.317 e. The van der Waals surface area contributed by atoms with E-state index in [0.29, 0.717) is 17.0 Å². The molecule has 3 rings (SSSR count). The molecule has 0 fully saturated rings. The zero-order valence-corrected chi connectivity index (χ0v) is 17.0. The van der Waals surface area contributed by atoms with Crippen molar-refractivity contribution < 1.29 is 14.3 Å². The summed E-state index contributed by atoms with van der Waals surface area (Å²) in [4.78, 5) is 32.7. The molecule has 0 amide bonds. The number of carbonyl (C=O) groups is 2. The van der Waals surface area contributed by atoms with Crippen LogP contribution in [0, 0.1) is 12.8 Å². The van der Waals surface area contributed by atoms with Gasteiger partial charge in [-0.3, -0.25) is 9.59 Å². The zero-order chi connectivity index (χ0) is 19.7. The van der Waals surface area contributed by atoms with Crippen molar-refractivity contribution in [3.63, 3.8) is 0 Å². The monoisotopic (exact) mass is 426 g/mol. The highest BCUT2D eigenvalue weighted by atomic mass is 35.5. The number of aromatic nitrogens is 2. The lowest BCUT2D eigenvalue weighted by atomic mass is 9.74. The summed E-state index contributed by atoms with van der Waals surface area (Å²) in [7, 11) is 0. The van der Waals surface area contributed by atoms with Gasteiger partial charge >= 0.3 is 5.97 Å². The van der Waals surface area contributed by atoms with E-state index in [1.807, 2.05) is 6.92 Å². The summed E-state index contributed by atoms with van der Waals surface area (Å²) in [6.07, 6.45) is 3.50. The van der Waals surface area contributed by atoms with Gasteiger partial charge < -0.3 is 9.72 Å². The van der Waals surface area contributed by atoms with E-state index in [1.165, 1.54) is 12.1 Å². The number of hydrogen-bond donors (Lipinski definition) is 1. The second kappa shape index (κ2) is 8.05. The number of aromatic amines is 1. The standard InChI is InChI=1S/C19H17Cl3N2O3/c1-3-27-19(26)17-12(13-6-11(20)7-14(21)18(13)22)4-10(5-16(17)25)15-8-23-9(2)24-15/h5-8,12,17H,3-4H2,1-2H3,(H,23,24)/t12-,17-/m1/s1. The van der Waals surface area contributed by atoms with Crippen molar-refractivity contribution in [1.82, 2.24) is 9.97 Å². The van der Waals surface area contributed by atoms with Crippen LogP contribution < -0.4 is 0 Å². The zero-order valence-electron chi connectivity index (χ0n) is 14.7. The highest BCUT2D eigenvalue weighted by molar-refractivity contribution is 6.43. The van der Waals surface area contributed by atoms with Gasteiger partial charge in [-0.2, -0.15) is 0 Å². The van der Waals surface area contributed by atoms with Crippen LogP contribution in [0.25, 0.3) is 5.57 Å². The van der Waals surface area contributed by atoms with Gasteiger partial charge in [0.15, 0.2) is 5.78 Å². The van der Waals surface area contributed by atoms with E-state index in [0.717, 1.165) is 17.1 Å². The number of esters is 1. The summed E-state index contributed by atoms with van der Waals surface area (Å²) in [6, 6.07) is 3.16. The number of rotatable bonds is 4. The number of allylic oxidation sites excluding steroid dienone is 2. The summed E-state index contributed by atoms with van der Waals surface area (Å²) >= 11 is 18.7. The van der Waals surface area contributed by atoms with Crippen LogP contribution in [0.2, 0.25) is 15.1 Å². The molecule has 142 valence electrons. The number of halogens is 3. The van der Waals surface area contributed by atoms with E-state index in [4.69, 9.17) is 39.5 Å². The van der Waals surface area contributed by atoms with Crippen molar-refractivity contribution in [3.05, 3.63) is 56.6 Å². The van der Waals surface area contributed by atoms with Crippen LogP contribution in [-0.2, 0) is 14.3 Å². The number of nitrogens with zero attached hydrogens (tertiary/aromatic N) is 1. The summed E-state index contributed by atoms with van der Waals surface area (Å²) in [5.41, 5.74) is 2.00. The molecule has 1 heterocycles. The number of H-pyrrole nitrogens is 1. The highest BCUT2D eigenvalue weighted by Gasteiger charge is 2.41. The Morgan fingerprint density at radius 2 is 2.07 bits per heavy atom. The molecule has 1 aromatic heterocycles. The Balaban J connectivity index is 2.11. The number of benzene rings is 1. The van der Waals surface area contributed by atoms with E-state index >= 15 is 0 Å². The minimum absolute atomic E-state index is 0.176. The molecule has 1 aliphatic rings. The Hall–Kier alpha value is -1.82. The van der Waals surface area contributed by atoms with Gasteiger partial charge in [-0.25, -0.2) is 4.98 Å². The number of hydrogen-bond acceptors (Lipinski definition) is 4. The van der Waals surface area contributed by atoms with Gasteiger partial charge in [0.2, 0.25) is 0 Å². The number of ether oxygens (including phenoxy) is 1. The van der Waals surface area contributed by atoms with E-state index in [9.17, 15) is 9.59 Å². The third-order valence-corrected chi connectivity index (χ3v) is 5.51. The van der Waals surface area contributed by atoms with Crippen molar-refractivity contribution in [2.45, 2.75) is 26.2 Å². The van der Waals surface area contributed by atoms with Crippen molar-refractivity contribution in [3.8, 4) is 0 Å². The van der Waals surface area contributed by atoms with Crippen LogP contribution in [0.5, 0.6) is 0 Å². The summed E-state index contributed by atoms with van der Waals surface area (Å²) in [5.74, 6) is -1.77. The number of aryl methyl sites for hydroxylation is 1. The lowest BCUT2D eigenvalue weighted by Crippen LogP contribution is -2.34. The highest BCUT2D eigenvalue weighted by Crippen LogP contribution is 2.44. The quantitative estimate of drug-likeness (QED) is 0.423. The average molecular weight is 428 g/mol. The first-order valence-electron chi connectivity index (χ1n) is 8.39. The van der Waals surface area contributed by atoms with E-state index in [2.05, 4.69) is 9.97 Å². The molecule has 2 atom stereocenters. The van der Waals surface area contributed by atoms with Gasteiger partial charge in [0, 0.05) is 10.9 Å². The van der Waals surface area contributed by atoms with Crippen LogP contribution >= 0.6 is 34.8 Å². The van der Waals surface area contributed by atoms with Gasteiger partial charge in [-0.1, -0.05) is 34.8 Å². The second-order valence-corrected chi connectivity index (χ2v) is 7.51. The molecular formula is C19H17Cl3N2O3. The van der Waals surface area contributed by atoms with Gasteiger partial charge in [0.05, 0.1) is 28.5 Å². The smallest absolute Gasteiger partial charge is 0.317 e. The minimum Gasteiger partial charge on any atom is -0.465 e. The van der Waals surface area contributed by atoms with Gasteiger partial charge in [-0.05, 0) is 49.6 Å². The fraction of sp³-hybridized carbons (Fsp3) is 0.316. The SMILES string of the molecule is CCOC(=O)[C@H]1C(=O)C=C(c2cnc(C)[nH]2)C[C@@H]1c1cc(Cl)cc(Cl)c1Cl. The predicted molar refractivity (Wildman–Crippen MR) is 105 cm³/mol. The van der Waals surface area contributed by atoms with E-state index < -0.39 is 17.8 Å². The van der Waals surface area contributed by atoms with Gasteiger partial charge in [-0.15, -0.1) is 0 Å². The molecule has 1 N–H and O–H groups in total. The largest absolute Gasteiger partial charge is 0.465 e. The molecule has 0 bridgehead atoms. The van der Waals surface area contributed by atoms with Crippen molar-refractivity contribution in [2.75, 3.05) is 6.61 Å².